The van der Waals surface area contributed by atoms with Gasteiger partial charge in [0.15, 0.2) is 0 Å². The molecule has 6 heteroatoms. The molecule has 20 heavy (non-hydrogen) atoms. The van der Waals surface area contributed by atoms with Crippen LogP contribution in [0.2, 0.25) is 10.0 Å². The number of hydrogen-bond donors (Lipinski definition) is 2. The highest BCUT2D eigenvalue weighted by molar-refractivity contribution is 6.39. The summed E-state index contributed by atoms with van der Waals surface area (Å²) in [6.07, 6.45) is 0. The molecule has 0 heterocycles. The molecule has 2 aromatic carbocycles. The Labute approximate surface area is 125 Å². The van der Waals surface area contributed by atoms with Crippen LogP contribution in [0.3, 0.4) is 0 Å². The van der Waals surface area contributed by atoms with Crippen LogP contribution in [0.25, 0.3) is 0 Å². The standard InChI is InChI=1S/C14H11Cl2FN2O/c15-11-2-1-3-12(16)13(11)19-14(20)18-8-9-4-6-10(17)7-5-9/h1-7H,8H2,(H2,18,19,20). The lowest BCUT2D eigenvalue weighted by molar-refractivity contribution is 0.251. The average Bonchev–Trinajstić information content (AvgIpc) is 2.42. The van der Waals surface area contributed by atoms with Crippen molar-refractivity contribution < 1.29 is 9.18 Å². The molecule has 0 spiro atoms. The minimum atomic E-state index is -0.440. The van der Waals surface area contributed by atoms with E-state index in [-0.39, 0.29) is 12.4 Å². The van der Waals surface area contributed by atoms with Gasteiger partial charge >= 0.3 is 6.03 Å². The summed E-state index contributed by atoms with van der Waals surface area (Å²) in [5.74, 6) is -0.318. The molecule has 0 saturated carbocycles. The van der Waals surface area contributed by atoms with Crippen molar-refractivity contribution in [2.75, 3.05) is 5.32 Å². The third-order valence-corrected chi connectivity index (χ3v) is 3.20. The molecule has 2 aromatic rings. The molecule has 3 nitrogen and oxygen atoms in total. The fourth-order valence-corrected chi connectivity index (χ4v) is 2.05. The van der Waals surface area contributed by atoms with E-state index in [9.17, 15) is 9.18 Å². The van der Waals surface area contributed by atoms with Gasteiger partial charge in [-0.25, -0.2) is 9.18 Å². The number of carbonyl (C=O) groups excluding carboxylic acids is 1. The fraction of sp³-hybridized carbons (Fsp3) is 0.0714. The summed E-state index contributed by atoms with van der Waals surface area (Å²) < 4.78 is 12.7. The third kappa shape index (κ3) is 3.85. The molecule has 0 bridgehead atoms. The summed E-state index contributed by atoms with van der Waals surface area (Å²) in [6, 6.07) is 10.4. The Morgan fingerprint density at radius 2 is 1.65 bits per heavy atom. The Morgan fingerprint density at radius 1 is 1.05 bits per heavy atom. The third-order valence-electron chi connectivity index (χ3n) is 2.57. The molecule has 0 saturated heterocycles. The molecule has 2 rings (SSSR count). The van der Waals surface area contributed by atoms with Gasteiger partial charge in [0.25, 0.3) is 0 Å². The smallest absolute Gasteiger partial charge is 0.319 e. The molecular formula is C14H11Cl2FN2O. The Kier molecular flexibility index (Phi) is 4.82. The lowest BCUT2D eigenvalue weighted by atomic mass is 10.2. The molecule has 0 radical (unpaired) electrons. The van der Waals surface area contributed by atoms with Gasteiger partial charge in [-0.15, -0.1) is 0 Å². The van der Waals surface area contributed by atoms with Crippen LogP contribution in [-0.4, -0.2) is 6.03 Å². The summed E-state index contributed by atoms with van der Waals surface area (Å²) in [6.45, 7) is 0.272. The molecule has 0 aliphatic heterocycles. The molecular weight excluding hydrogens is 302 g/mol. The van der Waals surface area contributed by atoms with E-state index >= 15 is 0 Å². The first-order chi connectivity index (χ1) is 9.56. The fourth-order valence-electron chi connectivity index (χ4n) is 1.56. The molecule has 0 aliphatic carbocycles. The Morgan fingerprint density at radius 3 is 2.25 bits per heavy atom. The first kappa shape index (κ1) is 14.6. The van der Waals surface area contributed by atoms with Crippen molar-refractivity contribution in [1.82, 2.24) is 5.32 Å². The minimum Gasteiger partial charge on any atom is -0.334 e. The average molecular weight is 313 g/mol. The minimum absolute atomic E-state index is 0.272. The van der Waals surface area contributed by atoms with Crippen molar-refractivity contribution in [3.63, 3.8) is 0 Å². The number of carbonyl (C=O) groups is 1. The van der Waals surface area contributed by atoms with Gasteiger partial charge in [0.05, 0.1) is 15.7 Å². The van der Waals surface area contributed by atoms with Gasteiger partial charge < -0.3 is 10.6 Å². The van der Waals surface area contributed by atoms with E-state index in [2.05, 4.69) is 10.6 Å². The van der Waals surface area contributed by atoms with Gasteiger partial charge in [-0.1, -0.05) is 41.4 Å². The molecule has 0 unspecified atom stereocenters. The maximum atomic E-state index is 12.7. The van der Waals surface area contributed by atoms with Crippen LogP contribution in [0.1, 0.15) is 5.56 Å². The van der Waals surface area contributed by atoms with E-state index in [1.54, 1.807) is 30.3 Å². The maximum Gasteiger partial charge on any atom is 0.319 e. The molecule has 104 valence electrons. The van der Waals surface area contributed by atoms with E-state index in [4.69, 9.17) is 23.2 Å². The van der Waals surface area contributed by atoms with E-state index < -0.39 is 6.03 Å². The number of amides is 2. The monoisotopic (exact) mass is 312 g/mol. The van der Waals surface area contributed by atoms with E-state index in [0.717, 1.165) is 5.56 Å². The zero-order valence-corrected chi connectivity index (χ0v) is 11.8. The summed E-state index contributed by atoms with van der Waals surface area (Å²) >= 11 is 11.9. The van der Waals surface area contributed by atoms with Crippen molar-refractivity contribution in [1.29, 1.82) is 0 Å². The Bertz CT molecular complexity index is 597. The topological polar surface area (TPSA) is 41.1 Å². The first-order valence-electron chi connectivity index (χ1n) is 5.79. The molecule has 0 aromatic heterocycles. The number of urea groups is 1. The highest BCUT2D eigenvalue weighted by Gasteiger charge is 2.08. The molecule has 0 atom stereocenters. The van der Waals surface area contributed by atoms with Crippen LogP contribution < -0.4 is 10.6 Å². The largest absolute Gasteiger partial charge is 0.334 e. The van der Waals surface area contributed by atoms with E-state index in [1.807, 2.05) is 0 Å². The number of halogens is 3. The SMILES string of the molecule is O=C(NCc1ccc(F)cc1)Nc1c(Cl)cccc1Cl. The Hall–Kier alpha value is -1.78. The number of rotatable bonds is 3. The molecule has 0 fully saturated rings. The molecule has 0 aliphatic rings. The number of benzene rings is 2. The normalized spacial score (nSPS) is 10.2. The predicted molar refractivity (Wildman–Crippen MR) is 78.7 cm³/mol. The maximum absolute atomic E-state index is 12.7. The van der Waals surface area contributed by atoms with Crippen LogP contribution in [0.15, 0.2) is 42.5 Å². The quantitative estimate of drug-likeness (QED) is 0.863. The van der Waals surface area contributed by atoms with Crippen molar-refractivity contribution in [3.05, 3.63) is 63.9 Å². The number of hydrogen-bond acceptors (Lipinski definition) is 1. The van der Waals surface area contributed by atoms with Gasteiger partial charge in [-0.2, -0.15) is 0 Å². The first-order valence-corrected chi connectivity index (χ1v) is 6.55. The number of para-hydroxylation sites is 1. The van der Waals surface area contributed by atoms with E-state index in [1.165, 1.54) is 12.1 Å². The summed E-state index contributed by atoms with van der Waals surface area (Å²) in [5.41, 5.74) is 1.14. The molecule has 2 N–H and O–H groups in total. The second kappa shape index (κ2) is 6.59. The van der Waals surface area contributed by atoms with Crippen molar-refractivity contribution in [2.24, 2.45) is 0 Å². The van der Waals surface area contributed by atoms with Crippen LogP contribution in [0.5, 0.6) is 0 Å². The lowest BCUT2D eigenvalue weighted by Crippen LogP contribution is -2.28. The van der Waals surface area contributed by atoms with Crippen LogP contribution in [0.4, 0.5) is 14.9 Å². The highest BCUT2D eigenvalue weighted by atomic mass is 35.5. The van der Waals surface area contributed by atoms with Crippen molar-refractivity contribution >= 4 is 34.9 Å². The van der Waals surface area contributed by atoms with Gasteiger partial charge in [0, 0.05) is 6.54 Å². The van der Waals surface area contributed by atoms with Crippen molar-refractivity contribution in [2.45, 2.75) is 6.54 Å². The summed E-state index contributed by atoms with van der Waals surface area (Å²) in [4.78, 5) is 11.7. The second-order valence-electron chi connectivity index (χ2n) is 4.03. The van der Waals surface area contributed by atoms with Gasteiger partial charge in [0.2, 0.25) is 0 Å². The highest BCUT2D eigenvalue weighted by Crippen LogP contribution is 2.29. The van der Waals surface area contributed by atoms with Crippen LogP contribution in [-0.2, 0) is 6.54 Å². The zero-order valence-electron chi connectivity index (χ0n) is 10.3. The zero-order chi connectivity index (χ0) is 14.5. The second-order valence-corrected chi connectivity index (χ2v) is 4.85. The lowest BCUT2D eigenvalue weighted by Gasteiger charge is -2.10. The number of nitrogens with one attached hydrogen (secondary N) is 2. The van der Waals surface area contributed by atoms with Crippen LogP contribution >= 0.6 is 23.2 Å². The van der Waals surface area contributed by atoms with E-state index in [0.29, 0.717) is 15.7 Å². The van der Waals surface area contributed by atoms with Crippen LogP contribution in [0, 0.1) is 5.82 Å². The van der Waals surface area contributed by atoms with Gasteiger partial charge in [0.1, 0.15) is 5.82 Å². The predicted octanol–water partition coefficient (Wildman–Crippen LogP) is 4.45. The molecule has 2 amide bonds. The Balaban J connectivity index is 1.94. The van der Waals surface area contributed by atoms with Crippen molar-refractivity contribution in [3.8, 4) is 0 Å². The summed E-state index contributed by atoms with van der Waals surface area (Å²) in [7, 11) is 0. The van der Waals surface area contributed by atoms with Gasteiger partial charge in [-0.05, 0) is 29.8 Å². The summed E-state index contributed by atoms with van der Waals surface area (Å²) in [5, 5.41) is 5.92. The number of anilines is 1. The van der Waals surface area contributed by atoms with Gasteiger partial charge in [-0.3, -0.25) is 0 Å².